The molecule has 0 spiro atoms. The molecule has 1 N–H and O–H groups in total. The summed E-state index contributed by atoms with van der Waals surface area (Å²) in [7, 11) is 0. The number of nitrogens with zero attached hydrogens (tertiary/aromatic N) is 3. The van der Waals surface area contributed by atoms with Gasteiger partial charge in [0.1, 0.15) is 5.82 Å². The van der Waals surface area contributed by atoms with Crippen molar-refractivity contribution in [3.05, 3.63) is 39.7 Å². The molecule has 0 atom stereocenters. The first-order valence-corrected chi connectivity index (χ1v) is 5.34. The van der Waals surface area contributed by atoms with Crippen LogP contribution in [-0.4, -0.2) is 26.1 Å². The Labute approximate surface area is 135 Å². The van der Waals surface area contributed by atoms with Gasteiger partial charge >= 0.3 is 29.6 Å². The van der Waals surface area contributed by atoms with Crippen molar-refractivity contribution in [3.8, 4) is 11.4 Å². The number of aryl methyl sites for hydroxylation is 1. The number of aliphatic carboxylic acids is 1. The van der Waals surface area contributed by atoms with E-state index >= 15 is 0 Å². The minimum Gasteiger partial charge on any atom is -0.550 e. The van der Waals surface area contributed by atoms with Crippen LogP contribution in [0.1, 0.15) is 11.4 Å². The molecule has 0 aliphatic carbocycles. The van der Waals surface area contributed by atoms with Gasteiger partial charge in [-0.15, -0.1) is 0 Å². The number of carboxylic acid groups (broad SMARTS) is 1. The van der Waals surface area contributed by atoms with Crippen molar-refractivity contribution < 1.29 is 44.4 Å². The molecule has 0 radical (unpaired) electrons. The fourth-order valence-electron chi connectivity index (χ4n) is 1.59. The Morgan fingerprint density at radius 1 is 1.45 bits per heavy atom. The zero-order valence-electron chi connectivity index (χ0n) is 10.9. The van der Waals surface area contributed by atoms with Gasteiger partial charge in [-0.05, 0) is 6.92 Å². The van der Waals surface area contributed by atoms with Gasteiger partial charge < -0.3 is 9.90 Å². The molecule has 8 nitrogen and oxygen atoms in total. The molecule has 0 bridgehead atoms. The molecule has 0 amide bonds. The third kappa shape index (κ3) is 3.62. The van der Waals surface area contributed by atoms with Gasteiger partial charge in [0.05, 0.1) is 4.92 Å². The Balaban J connectivity index is 0.00000200. The van der Waals surface area contributed by atoms with E-state index in [-0.39, 0.29) is 53.3 Å². The second kappa shape index (κ2) is 6.60. The molecule has 1 heterocycles. The van der Waals surface area contributed by atoms with Crippen LogP contribution in [0.5, 0.6) is 0 Å². The second-order valence-corrected chi connectivity index (χ2v) is 3.91. The van der Waals surface area contributed by atoms with Crippen molar-refractivity contribution in [2.24, 2.45) is 0 Å². The Bertz CT molecular complexity index is 656. The molecule has 0 aliphatic rings. The summed E-state index contributed by atoms with van der Waals surface area (Å²) < 4.78 is 0. The second-order valence-electron chi connectivity index (χ2n) is 3.91. The smallest absolute Gasteiger partial charge is 0.550 e. The predicted molar refractivity (Wildman–Crippen MR) is 61.9 cm³/mol. The minimum absolute atomic E-state index is 0. The van der Waals surface area contributed by atoms with Gasteiger partial charge in [0.25, 0.3) is 5.69 Å². The van der Waals surface area contributed by atoms with E-state index in [1.165, 1.54) is 6.07 Å². The van der Waals surface area contributed by atoms with Crippen LogP contribution >= 0.6 is 0 Å². The molecular weight excluding hydrogens is 275 g/mol. The van der Waals surface area contributed by atoms with Gasteiger partial charge in [-0.25, -0.2) is 4.98 Å². The number of nitro benzene ring substituents is 1. The molecule has 98 valence electrons. The number of aromatic amines is 1. The van der Waals surface area contributed by atoms with E-state index in [1.54, 1.807) is 19.1 Å². The normalized spacial score (nSPS) is 9.85. The van der Waals surface area contributed by atoms with Gasteiger partial charge in [-0.1, -0.05) is 12.1 Å². The van der Waals surface area contributed by atoms with Crippen molar-refractivity contribution in [3.63, 3.8) is 0 Å². The Morgan fingerprint density at radius 3 is 2.75 bits per heavy atom. The molecule has 2 aromatic rings. The summed E-state index contributed by atoms with van der Waals surface area (Å²) in [5, 5.41) is 27.5. The van der Waals surface area contributed by atoms with E-state index < -0.39 is 10.9 Å². The number of rotatable bonds is 4. The van der Waals surface area contributed by atoms with Crippen molar-refractivity contribution in [1.29, 1.82) is 0 Å². The third-order valence-corrected chi connectivity index (χ3v) is 2.51. The van der Waals surface area contributed by atoms with Gasteiger partial charge in [0, 0.05) is 29.6 Å². The predicted octanol–water partition coefficient (Wildman–Crippen LogP) is -3.02. The topological polar surface area (TPSA) is 125 Å². The van der Waals surface area contributed by atoms with Gasteiger partial charge in [-0.3, -0.25) is 15.2 Å². The van der Waals surface area contributed by atoms with E-state index in [0.717, 1.165) is 0 Å². The van der Waals surface area contributed by atoms with Crippen molar-refractivity contribution >= 4 is 11.7 Å². The Morgan fingerprint density at radius 2 is 2.15 bits per heavy atom. The third-order valence-electron chi connectivity index (χ3n) is 2.51. The Kier molecular flexibility index (Phi) is 5.37. The number of nitrogens with one attached hydrogen (secondary N) is 1. The zero-order valence-corrected chi connectivity index (χ0v) is 12.9. The van der Waals surface area contributed by atoms with E-state index in [4.69, 9.17) is 0 Å². The summed E-state index contributed by atoms with van der Waals surface area (Å²) in [5.74, 6) is -0.935. The van der Waals surface area contributed by atoms with Crippen LogP contribution < -0.4 is 34.7 Å². The molecule has 2 rings (SSSR count). The number of H-pyrrole nitrogens is 1. The number of carboxylic acids is 1. The summed E-state index contributed by atoms with van der Waals surface area (Å²) in [4.78, 5) is 24.7. The molecule has 1 aromatic carbocycles. The SMILES string of the molecule is Cc1ccc(-c2n[nH]c(CC(=O)[O-])n2)cc1[N+](=O)[O-].[Na+]. The molecule has 0 unspecified atom stereocenters. The molecule has 20 heavy (non-hydrogen) atoms. The van der Waals surface area contributed by atoms with E-state index in [2.05, 4.69) is 15.2 Å². The van der Waals surface area contributed by atoms with E-state index in [1.807, 2.05) is 0 Å². The number of hydrogen-bond acceptors (Lipinski definition) is 6. The largest absolute Gasteiger partial charge is 1.00 e. The maximum Gasteiger partial charge on any atom is 1.00 e. The first kappa shape index (κ1) is 16.3. The first-order valence-electron chi connectivity index (χ1n) is 5.34. The molecule has 0 aliphatic heterocycles. The Hall–Kier alpha value is -1.77. The van der Waals surface area contributed by atoms with Crippen molar-refractivity contribution in [2.45, 2.75) is 13.3 Å². The molecule has 0 saturated heterocycles. The fraction of sp³-hybridized carbons (Fsp3) is 0.182. The minimum atomic E-state index is -1.28. The van der Waals surface area contributed by atoms with Crippen LogP contribution in [-0.2, 0) is 11.2 Å². The van der Waals surface area contributed by atoms with Crippen LogP contribution in [0.3, 0.4) is 0 Å². The number of hydrogen-bond donors (Lipinski definition) is 1. The standard InChI is InChI=1S/C11H10N4O4.Na/c1-6-2-3-7(4-8(6)15(18)19)11-12-9(13-14-11)5-10(16)17;/h2-4H,5H2,1H3,(H,16,17)(H,12,13,14);/q;+1/p-1. The molecule has 0 saturated carbocycles. The fourth-order valence-corrected chi connectivity index (χ4v) is 1.59. The zero-order chi connectivity index (χ0) is 14.0. The van der Waals surface area contributed by atoms with Crippen molar-refractivity contribution in [2.75, 3.05) is 0 Å². The quantitative estimate of drug-likeness (QED) is 0.362. The van der Waals surface area contributed by atoms with Crippen LogP contribution in [0.2, 0.25) is 0 Å². The number of carbonyl (C=O) groups is 1. The summed E-state index contributed by atoms with van der Waals surface area (Å²) >= 11 is 0. The maximum absolute atomic E-state index is 10.8. The van der Waals surface area contributed by atoms with Crippen LogP contribution in [0, 0.1) is 17.0 Å². The summed E-state index contributed by atoms with van der Waals surface area (Å²) in [5.41, 5.74) is 0.932. The van der Waals surface area contributed by atoms with Gasteiger partial charge in [-0.2, -0.15) is 5.10 Å². The number of benzene rings is 1. The van der Waals surface area contributed by atoms with Crippen LogP contribution in [0.25, 0.3) is 11.4 Å². The first-order chi connectivity index (χ1) is 8.97. The number of aromatic nitrogens is 3. The van der Waals surface area contributed by atoms with E-state index in [0.29, 0.717) is 11.1 Å². The van der Waals surface area contributed by atoms with Crippen LogP contribution in [0.15, 0.2) is 18.2 Å². The molecular formula is C11H9N4NaO4. The molecule has 9 heteroatoms. The van der Waals surface area contributed by atoms with Gasteiger partial charge in [0.15, 0.2) is 5.82 Å². The number of nitro groups is 1. The maximum atomic E-state index is 10.8. The molecule has 0 fully saturated rings. The molecule has 1 aromatic heterocycles. The van der Waals surface area contributed by atoms with E-state index in [9.17, 15) is 20.0 Å². The number of carbonyl (C=O) groups excluding carboxylic acids is 1. The summed E-state index contributed by atoms with van der Waals surface area (Å²) in [6.07, 6.45) is -0.388. The van der Waals surface area contributed by atoms with Crippen LogP contribution in [0.4, 0.5) is 5.69 Å². The summed E-state index contributed by atoms with van der Waals surface area (Å²) in [6.45, 7) is 1.63. The van der Waals surface area contributed by atoms with Gasteiger partial charge in [0.2, 0.25) is 0 Å². The average molecular weight is 284 g/mol. The monoisotopic (exact) mass is 284 g/mol. The summed E-state index contributed by atoms with van der Waals surface area (Å²) in [6, 6.07) is 4.57. The average Bonchev–Trinajstić information content (AvgIpc) is 2.76. The van der Waals surface area contributed by atoms with Crippen molar-refractivity contribution in [1.82, 2.24) is 15.2 Å².